The maximum absolute atomic E-state index is 12.4. The molecule has 1 aromatic carbocycles. The molecule has 0 spiro atoms. The maximum Gasteiger partial charge on any atom is 0.255 e. The van der Waals surface area contributed by atoms with Crippen LogP contribution in [-0.2, 0) is 0 Å². The van der Waals surface area contributed by atoms with Crippen molar-refractivity contribution in [3.63, 3.8) is 0 Å². The zero-order chi connectivity index (χ0) is 14.0. The molecule has 0 aromatic heterocycles. The molecule has 0 aliphatic carbocycles. The van der Waals surface area contributed by atoms with E-state index in [2.05, 4.69) is 0 Å². The summed E-state index contributed by atoms with van der Waals surface area (Å²) in [5.41, 5.74) is 7.59. The number of carbonyl (C=O) groups is 1. The van der Waals surface area contributed by atoms with Crippen molar-refractivity contribution in [2.45, 2.75) is 32.7 Å². The van der Waals surface area contributed by atoms with Crippen LogP contribution in [0.1, 0.15) is 35.7 Å². The second-order valence-corrected chi connectivity index (χ2v) is 5.88. The van der Waals surface area contributed by atoms with Crippen LogP contribution in [0.5, 0.6) is 0 Å². The molecular formula is C15H21ClN2O. The van der Waals surface area contributed by atoms with Crippen molar-refractivity contribution in [1.82, 2.24) is 4.90 Å². The number of nitrogens with zero attached hydrogens (tertiary/aromatic N) is 1. The van der Waals surface area contributed by atoms with Crippen LogP contribution in [0.4, 0.5) is 0 Å². The van der Waals surface area contributed by atoms with E-state index < -0.39 is 0 Å². The minimum Gasteiger partial charge on any atom is -0.339 e. The van der Waals surface area contributed by atoms with Gasteiger partial charge in [0.2, 0.25) is 0 Å². The lowest BCUT2D eigenvalue weighted by Crippen LogP contribution is -2.42. The van der Waals surface area contributed by atoms with E-state index in [9.17, 15) is 4.79 Å². The summed E-state index contributed by atoms with van der Waals surface area (Å²) in [6.07, 6.45) is 1.96. The van der Waals surface area contributed by atoms with E-state index in [1.54, 1.807) is 0 Å². The van der Waals surface area contributed by atoms with Gasteiger partial charge in [-0.05, 0) is 50.3 Å². The van der Waals surface area contributed by atoms with Crippen LogP contribution in [-0.4, -0.2) is 29.9 Å². The molecule has 4 heteroatoms. The molecule has 19 heavy (non-hydrogen) atoms. The number of carbonyl (C=O) groups excluding carboxylic acids is 1. The third kappa shape index (κ3) is 3.28. The zero-order valence-electron chi connectivity index (χ0n) is 11.5. The Hall–Kier alpha value is -1.06. The summed E-state index contributed by atoms with van der Waals surface area (Å²) in [6.45, 7) is 5.55. The molecule has 1 aliphatic rings. The van der Waals surface area contributed by atoms with E-state index in [1.807, 2.05) is 36.9 Å². The standard InChI is InChI=1S/C15H21ClN2O/c1-10-3-4-13(14(16)9-10)15(19)18-7-5-12(6-8-18)11(2)17/h3-4,9,11-12H,5-8,17H2,1-2H3. The number of hydrogen-bond acceptors (Lipinski definition) is 2. The van der Waals surface area contributed by atoms with Gasteiger partial charge in [0.25, 0.3) is 5.91 Å². The van der Waals surface area contributed by atoms with Crippen LogP contribution in [0.2, 0.25) is 5.02 Å². The molecule has 1 atom stereocenters. The fourth-order valence-electron chi connectivity index (χ4n) is 2.59. The van der Waals surface area contributed by atoms with E-state index in [0.717, 1.165) is 31.5 Å². The highest BCUT2D eigenvalue weighted by Crippen LogP contribution is 2.24. The summed E-state index contributed by atoms with van der Waals surface area (Å²) in [7, 11) is 0. The van der Waals surface area contributed by atoms with Crippen molar-refractivity contribution in [2.24, 2.45) is 11.7 Å². The van der Waals surface area contributed by atoms with Crippen molar-refractivity contribution in [3.05, 3.63) is 34.3 Å². The highest BCUT2D eigenvalue weighted by atomic mass is 35.5. The predicted octanol–water partition coefficient (Wildman–Crippen LogP) is 2.85. The summed E-state index contributed by atoms with van der Waals surface area (Å²) in [4.78, 5) is 14.3. The van der Waals surface area contributed by atoms with Gasteiger partial charge >= 0.3 is 0 Å². The quantitative estimate of drug-likeness (QED) is 0.905. The molecule has 0 bridgehead atoms. The minimum atomic E-state index is 0.0353. The molecule has 1 unspecified atom stereocenters. The number of hydrogen-bond donors (Lipinski definition) is 1. The summed E-state index contributed by atoms with van der Waals surface area (Å²) < 4.78 is 0. The Morgan fingerprint density at radius 2 is 2.05 bits per heavy atom. The summed E-state index contributed by atoms with van der Waals surface area (Å²) >= 11 is 6.16. The molecular weight excluding hydrogens is 260 g/mol. The van der Waals surface area contributed by atoms with Crippen LogP contribution in [0.15, 0.2) is 18.2 Å². The monoisotopic (exact) mass is 280 g/mol. The first-order chi connectivity index (χ1) is 8.99. The van der Waals surface area contributed by atoms with Gasteiger partial charge in [0, 0.05) is 19.1 Å². The first-order valence-corrected chi connectivity index (χ1v) is 7.18. The number of aryl methyl sites for hydroxylation is 1. The van der Waals surface area contributed by atoms with E-state index in [4.69, 9.17) is 17.3 Å². The normalized spacial score (nSPS) is 18.4. The number of likely N-dealkylation sites (tertiary alicyclic amines) is 1. The van der Waals surface area contributed by atoms with Gasteiger partial charge in [0.05, 0.1) is 10.6 Å². The van der Waals surface area contributed by atoms with Crippen LogP contribution in [0, 0.1) is 12.8 Å². The fourth-order valence-corrected chi connectivity index (χ4v) is 2.91. The van der Waals surface area contributed by atoms with Gasteiger partial charge in [0.1, 0.15) is 0 Å². The predicted molar refractivity (Wildman–Crippen MR) is 78.5 cm³/mol. The number of rotatable bonds is 2. The lowest BCUT2D eigenvalue weighted by atomic mass is 9.90. The third-order valence-corrected chi connectivity index (χ3v) is 4.24. The van der Waals surface area contributed by atoms with Gasteiger partial charge in [-0.3, -0.25) is 4.79 Å². The SMILES string of the molecule is Cc1ccc(C(=O)N2CCC(C(C)N)CC2)c(Cl)c1. The van der Waals surface area contributed by atoms with Crippen molar-refractivity contribution in [3.8, 4) is 0 Å². The van der Waals surface area contributed by atoms with Crippen molar-refractivity contribution in [2.75, 3.05) is 13.1 Å². The molecule has 0 radical (unpaired) electrons. The van der Waals surface area contributed by atoms with E-state index in [1.165, 1.54) is 0 Å². The number of amides is 1. The Bertz CT molecular complexity index is 465. The first-order valence-electron chi connectivity index (χ1n) is 6.80. The summed E-state index contributed by atoms with van der Waals surface area (Å²) in [5.74, 6) is 0.561. The molecule has 3 nitrogen and oxygen atoms in total. The summed E-state index contributed by atoms with van der Waals surface area (Å²) in [5, 5.41) is 0.541. The largest absolute Gasteiger partial charge is 0.339 e. The fraction of sp³-hybridized carbons (Fsp3) is 0.533. The van der Waals surface area contributed by atoms with Crippen LogP contribution in [0.3, 0.4) is 0 Å². The minimum absolute atomic E-state index is 0.0353. The zero-order valence-corrected chi connectivity index (χ0v) is 12.3. The maximum atomic E-state index is 12.4. The molecule has 1 aromatic rings. The number of halogens is 1. The molecule has 1 fully saturated rings. The van der Waals surface area contributed by atoms with Gasteiger partial charge in [-0.1, -0.05) is 17.7 Å². The Morgan fingerprint density at radius 1 is 1.42 bits per heavy atom. The molecule has 1 heterocycles. The van der Waals surface area contributed by atoms with Gasteiger partial charge in [-0.2, -0.15) is 0 Å². The smallest absolute Gasteiger partial charge is 0.255 e. The molecule has 1 amide bonds. The Balaban J connectivity index is 2.05. The van der Waals surface area contributed by atoms with Crippen molar-refractivity contribution < 1.29 is 4.79 Å². The van der Waals surface area contributed by atoms with Gasteiger partial charge in [0.15, 0.2) is 0 Å². The number of nitrogens with two attached hydrogens (primary N) is 1. The molecule has 1 saturated heterocycles. The van der Waals surface area contributed by atoms with Crippen LogP contribution in [0.25, 0.3) is 0 Å². The highest BCUT2D eigenvalue weighted by Gasteiger charge is 2.26. The van der Waals surface area contributed by atoms with E-state index >= 15 is 0 Å². The van der Waals surface area contributed by atoms with E-state index in [-0.39, 0.29) is 11.9 Å². The lowest BCUT2D eigenvalue weighted by molar-refractivity contribution is 0.0681. The average Bonchev–Trinajstić information content (AvgIpc) is 2.38. The summed E-state index contributed by atoms with van der Waals surface area (Å²) in [6, 6.07) is 5.79. The van der Waals surface area contributed by atoms with Gasteiger partial charge < -0.3 is 10.6 Å². The van der Waals surface area contributed by atoms with Gasteiger partial charge in [-0.25, -0.2) is 0 Å². The van der Waals surface area contributed by atoms with Crippen molar-refractivity contribution in [1.29, 1.82) is 0 Å². The first kappa shape index (κ1) is 14.4. The highest BCUT2D eigenvalue weighted by molar-refractivity contribution is 6.33. The van der Waals surface area contributed by atoms with Crippen LogP contribution < -0.4 is 5.73 Å². The molecule has 2 N–H and O–H groups in total. The molecule has 2 rings (SSSR count). The topological polar surface area (TPSA) is 46.3 Å². The average molecular weight is 281 g/mol. The number of piperidine rings is 1. The lowest BCUT2D eigenvalue weighted by Gasteiger charge is -2.33. The number of benzene rings is 1. The third-order valence-electron chi connectivity index (χ3n) is 3.93. The second kappa shape index (κ2) is 5.93. The molecule has 0 saturated carbocycles. The Kier molecular flexibility index (Phi) is 4.48. The second-order valence-electron chi connectivity index (χ2n) is 5.47. The van der Waals surface area contributed by atoms with Crippen molar-refractivity contribution >= 4 is 17.5 Å². The van der Waals surface area contributed by atoms with Gasteiger partial charge in [-0.15, -0.1) is 0 Å². The molecule has 104 valence electrons. The Labute approximate surface area is 119 Å². The molecule has 1 aliphatic heterocycles. The Morgan fingerprint density at radius 3 is 2.58 bits per heavy atom. The van der Waals surface area contributed by atoms with Crippen LogP contribution >= 0.6 is 11.6 Å². The van der Waals surface area contributed by atoms with E-state index in [0.29, 0.717) is 16.5 Å².